The highest BCUT2D eigenvalue weighted by molar-refractivity contribution is 5.42. The van der Waals surface area contributed by atoms with Gasteiger partial charge in [-0.1, -0.05) is 13.3 Å². The number of nitrogens with zero attached hydrogens (tertiary/aromatic N) is 3. The number of piperidine rings is 1. The maximum Gasteiger partial charge on any atom is 0.187 e. The Morgan fingerprint density at radius 2 is 2.20 bits per heavy atom. The molecule has 2 aliphatic rings. The first kappa shape index (κ1) is 13.7. The lowest BCUT2D eigenvalue weighted by Crippen LogP contribution is -2.48. The van der Waals surface area contributed by atoms with E-state index in [0.717, 1.165) is 38.6 Å². The van der Waals surface area contributed by atoms with Gasteiger partial charge in [0.15, 0.2) is 11.6 Å². The third-order valence-electron chi connectivity index (χ3n) is 4.95. The molecule has 0 unspecified atom stereocenters. The smallest absolute Gasteiger partial charge is 0.187 e. The van der Waals surface area contributed by atoms with E-state index in [4.69, 9.17) is 0 Å². The Morgan fingerprint density at radius 1 is 1.40 bits per heavy atom. The second-order valence-corrected chi connectivity index (χ2v) is 6.11. The van der Waals surface area contributed by atoms with Crippen LogP contribution in [0.1, 0.15) is 44.7 Å². The Kier molecular flexibility index (Phi) is 3.63. The molecule has 1 aliphatic heterocycles. The molecule has 20 heavy (non-hydrogen) atoms. The summed E-state index contributed by atoms with van der Waals surface area (Å²) >= 11 is 0. The first-order chi connectivity index (χ1) is 9.66. The molecule has 1 aromatic rings. The molecular weight excluding hydrogens is 257 g/mol. The number of aromatic nitrogens is 2. The second kappa shape index (κ2) is 5.28. The number of anilines is 1. The van der Waals surface area contributed by atoms with Crippen LogP contribution in [0.3, 0.4) is 0 Å². The summed E-state index contributed by atoms with van der Waals surface area (Å²) < 4.78 is 14.4. The average molecular weight is 279 g/mol. The molecule has 0 amide bonds. The summed E-state index contributed by atoms with van der Waals surface area (Å²) in [6, 6.07) is 0. The van der Waals surface area contributed by atoms with E-state index >= 15 is 0 Å². The highest BCUT2D eigenvalue weighted by Gasteiger charge is 2.45. The summed E-state index contributed by atoms with van der Waals surface area (Å²) in [6.45, 7) is 3.42. The number of aryl methyl sites for hydroxylation is 1. The molecule has 1 spiro atoms. The van der Waals surface area contributed by atoms with E-state index in [-0.39, 0.29) is 17.3 Å². The first-order valence-corrected chi connectivity index (χ1v) is 7.59. The summed E-state index contributed by atoms with van der Waals surface area (Å²) in [5.41, 5.74) is 0.420. The minimum Gasteiger partial charge on any atom is -0.392 e. The molecule has 1 saturated heterocycles. The lowest BCUT2D eigenvalue weighted by molar-refractivity contribution is 0.0406. The van der Waals surface area contributed by atoms with Gasteiger partial charge in [-0.25, -0.2) is 14.4 Å². The van der Waals surface area contributed by atoms with Crippen LogP contribution >= 0.6 is 0 Å². The van der Waals surface area contributed by atoms with Gasteiger partial charge in [0.05, 0.1) is 11.8 Å². The van der Waals surface area contributed by atoms with Crippen molar-refractivity contribution in [2.75, 3.05) is 18.0 Å². The lowest BCUT2D eigenvalue weighted by Gasteiger charge is -2.43. The molecule has 1 saturated carbocycles. The molecule has 2 fully saturated rings. The van der Waals surface area contributed by atoms with Crippen LogP contribution in [0.15, 0.2) is 6.33 Å². The highest BCUT2D eigenvalue weighted by Crippen LogP contribution is 2.45. The SMILES string of the molecule is CCc1ncnc(N2CCC[C@@]3(CCC[C@H]3O)C2)c1F. The van der Waals surface area contributed by atoms with Crippen LogP contribution in [0.5, 0.6) is 0 Å². The lowest BCUT2D eigenvalue weighted by atomic mass is 9.76. The van der Waals surface area contributed by atoms with E-state index in [9.17, 15) is 9.50 Å². The van der Waals surface area contributed by atoms with Gasteiger partial charge in [0.1, 0.15) is 6.33 Å². The Balaban J connectivity index is 1.87. The van der Waals surface area contributed by atoms with E-state index in [2.05, 4.69) is 9.97 Å². The second-order valence-electron chi connectivity index (χ2n) is 6.11. The van der Waals surface area contributed by atoms with Crippen molar-refractivity contribution in [1.29, 1.82) is 0 Å². The predicted molar refractivity (Wildman–Crippen MR) is 75.1 cm³/mol. The van der Waals surface area contributed by atoms with Crippen LogP contribution < -0.4 is 4.90 Å². The van der Waals surface area contributed by atoms with E-state index < -0.39 is 0 Å². The number of halogens is 1. The molecule has 2 heterocycles. The van der Waals surface area contributed by atoms with E-state index in [1.54, 1.807) is 0 Å². The normalized spacial score (nSPS) is 30.1. The van der Waals surface area contributed by atoms with Crippen LogP contribution in [-0.4, -0.2) is 34.3 Å². The number of aliphatic hydroxyl groups excluding tert-OH is 1. The van der Waals surface area contributed by atoms with E-state index in [1.807, 2.05) is 11.8 Å². The molecule has 5 heteroatoms. The minimum absolute atomic E-state index is 0.0536. The van der Waals surface area contributed by atoms with Crippen molar-refractivity contribution < 1.29 is 9.50 Å². The number of hydrogen-bond donors (Lipinski definition) is 1. The summed E-state index contributed by atoms with van der Waals surface area (Å²) in [5.74, 6) is 0.120. The zero-order valence-corrected chi connectivity index (χ0v) is 12.0. The van der Waals surface area contributed by atoms with Crippen molar-refractivity contribution in [3.8, 4) is 0 Å². The van der Waals surface area contributed by atoms with Crippen molar-refractivity contribution in [3.63, 3.8) is 0 Å². The van der Waals surface area contributed by atoms with E-state index in [0.29, 0.717) is 24.5 Å². The zero-order chi connectivity index (χ0) is 14.2. The van der Waals surface area contributed by atoms with Gasteiger partial charge in [-0.05, 0) is 32.1 Å². The summed E-state index contributed by atoms with van der Waals surface area (Å²) in [7, 11) is 0. The van der Waals surface area contributed by atoms with Gasteiger partial charge >= 0.3 is 0 Å². The third kappa shape index (κ3) is 2.18. The first-order valence-electron chi connectivity index (χ1n) is 7.59. The summed E-state index contributed by atoms with van der Waals surface area (Å²) in [4.78, 5) is 10.2. The molecule has 4 nitrogen and oxygen atoms in total. The van der Waals surface area contributed by atoms with Crippen molar-refractivity contribution in [1.82, 2.24) is 9.97 Å². The largest absolute Gasteiger partial charge is 0.392 e. The van der Waals surface area contributed by atoms with Crippen LogP contribution in [0.2, 0.25) is 0 Å². The quantitative estimate of drug-likeness (QED) is 0.902. The fourth-order valence-corrected chi connectivity index (χ4v) is 3.80. The molecule has 0 radical (unpaired) electrons. The molecule has 2 atom stereocenters. The molecule has 0 aromatic carbocycles. The Hall–Kier alpha value is -1.23. The van der Waals surface area contributed by atoms with Crippen molar-refractivity contribution >= 4 is 5.82 Å². The highest BCUT2D eigenvalue weighted by atomic mass is 19.1. The molecule has 3 rings (SSSR count). The molecule has 110 valence electrons. The molecular formula is C15H22FN3O. The predicted octanol–water partition coefficient (Wildman–Crippen LogP) is 2.31. The van der Waals surface area contributed by atoms with Gasteiger partial charge in [-0.2, -0.15) is 0 Å². The zero-order valence-electron chi connectivity index (χ0n) is 12.0. The van der Waals surface area contributed by atoms with Crippen LogP contribution in [0.25, 0.3) is 0 Å². The maximum atomic E-state index is 14.4. The fraction of sp³-hybridized carbons (Fsp3) is 0.733. The standard InChI is InChI=1S/C15H22FN3O/c1-2-11-13(16)14(18-10-17-11)19-8-4-7-15(9-19)6-3-5-12(15)20/h10,12,20H,2-9H2,1H3/t12-,15+/m1/s1. The van der Waals surface area contributed by atoms with Crippen molar-refractivity contribution in [2.24, 2.45) is 5.41 Å². The van der Waals surface area contributed by atoms with E-state index in [1.165, 1.54) is 6.33 Å². The van der Waals surface area contributed by atoms with Crippen LogP contribution in [0, 0.1) is 11.2 Å². The Morgan fingerprint density at radius 3 is 2.90 bits per heavy atom. The molecule has 1 N–H and O–H groups in total. The molecule has 1 aliphatic carbocycles. The van der Waals surface area contributed by atoms with Gasteiger partial charge in [0.25, 0.3) is 0 Å². The summed E-state index contributed by atoms with van der Waals surface area (Å²) in [5, 5.41) is 10.3. The van der Waals surface area contributed by atoms with Crippen LogP contribution in [0.4, 0.5) is 10.2 Å². The van der Waals surface area contributed by atoms with Crippen molar-refractivity contribution in [3.05, 3.63) is 17.8 Å². The number of rotatable bonds is 2. The van der Waals surface area contributed by atoms with Crippen LogP contribution in [-0.2, 0) is 6.42 Å². The van der Waals surface area contributed by atoms with Gasteiger partial charge in [-0.3, -0.25) is 0 Å². The molecule has 1 aromatic heterocycles. The average Bonchev–Trinajstić information content (AvgIpc) is 2.80. The van der Waals surface area contributed by atoms with Gasteiger partial charge in [0, 0.05) is 18.5 Å². The van der Waals surface area contributed by atoms with Gasteiger partial charge in [-0.15, -0.1) is 0 Å². The van der Waals surface area contributed by atoms with Gasteiger partial charge in [0.2, 0.25) is 0 Å². The summed E-state index contributed by atoms with van der Waals surface area (Å²) in [6.07, 6.45) is 6.78. The third-order valence-corrected chi connectivity index (χ3v) is 4.95. The Labute approximate surface area is 119 Å². The maximum absolute atomic E-state index is 14.4. The fourth-order valence-electron chi connectivity index (χ4n) is 3.80. The molecule has 0 bridgehead atoms. The minimum atomic E-state index is -0.292. The number of hydrogen-bond acceptors (Lipinski definition) is 4. The van der Waals surface area contributed by atoms with Crippen molar-refractivity contribution in [2.45, 2.75) is 51.6 Å². The topological polar surface area (TPSA) is 49.2 Å². The van der Waals surface area contributed by atoms with Gasteiger partial charge < -0.3 is 10.0 Å². The number of aliphatic hydroxyl groups is 1. The Bertz CT molecular complexity index is 496. The monoisotopic (exact) mass is 279 g/mol.